The second kappa shape index (κ2) is 6.18. The van der Waals surface area contributed by atoms with E-state index in [1.54, 1.807) is 15.4 Å². The second-order valence-corrected chi connectivity index (χ2v) is 6.24. The molecule has 0 aliphatic rings. The molecule has 0 spiro atoms. The van der Waals surface area contributed by atoms with Crippen LogP contribution in [0.5, 0.6) is 0 Å². The molecule has 4 aromatic rings. The van der Waals surface area contributed by atoms with Crippen molar-refractivity contribution in [2.45, 2.75) is 13.5 Å². The van der Waals surface area contributed by atoms with Crippen molar-refractivity contribution in [2.75, 3.05) is 0 Å². The van der Waals surface area contributed by atoms with Gasteiger partial charge in [0.2, 0.25) is 0 Å². The molecule has 0 bridgehead atoms. The average molecular weight is 351 g/mol. The Balaban J connectivity index is 1.83. The van der Waals surface area contributed by atoms with Crippen molar-refractivity contribution in [3.63, 3.8) is 0 Å². The average Bonchev–Trinajstić information content (AvgIpc) is 3.05. The monoisotopic (exact) mass is 350 g/mol. The normalized spacial score (nSPS) is 11.1. The molecular weight excluding hydrogens is 336 g/mol. The van der Waals surface area contributed by atoms with Gasteiger partial charge in [0, 0.05) is 5.02 Å². The van der Waals surface area contributed by atoms with Crippen LogP contribution in [-0.2, 0) is 6.54 Å². The lowest BCUT2D eigenvalue weighted by Crippen LogP contribution is -2.24. The lowest BCUT2D eigenvalue weighted by Gasteiger charge is -2.10. The topological polar surface area (TPSA) is 52.7 Å². The molecule has 0 saturated carbocycles. The van der Waals surface area contributed by atoms with Crippen molar-refractivity contribution >= 4 is 22.6 Å². The van der Waals surface area contributed by atoms with Crippen molar-refractivity contribution < 1.29 is 0 Å². The predicted octanol–water partition coefficient (Wildman–Crippen LogP) is 3.59. The Labute approximate surface area is 149 Å². The number of fused-ring (bicyclic) bond motifs is 1. The Morgan fingerprint density at radius 1 is 1.04 bits per heavy atom. The molecular formula is C19H15ClN4O. The fraction of sp³-hybridized carbons (Fsp3) is 0.105. The summed E-state index contributed by atoms with van der Waals surface area (Å²) in [6, 6.07) is 17.1. The molecule has 0 aliphatic heterocycles. The molecule has 0 aliphatic carbocycles. The van der Waals surface area contributed by atoms with Crippen LogP contribution in [0.4, 0.5) is 0 Å². The quantitative estimate of drug-likeness (QED) is 0.567. The predicted molar refractivity (Wildman–Crippen MR) is 98.4 cm³/mol. The number of benzene rings is 2. The molecule has 4 rings (SSSR count). The first kappa shape index (κ1) is 15.6. The summed E-state index contributed by atoms with van der Waals surface area (Å²) >= 11 is 5.92. The molecule has 0 unspecified atom stereocenters. The van der Waals surface area contributed by atoms with Gasteiger partial charge in [-0.05, 0) is 36.8 Å². The fourth-order valence-corrected chi connectivity index (χ4v) is 2.95. The van der Waals surface area contributed by atoms with Gasteiger partial charge in [0.25, 0.3) is 5.56 Å². The molecule has 0 saturated heterocycles. The Morgan fingerprint density at radius 3 is 2.48 bits per heavy atom. The van der Waals surface area contributed by atoms with Crippen molar-refractivity contribution in [1.29, 1.82) is 0 Å². The first-order valence-corrected chi connectivity index (χ1v) is 8.26. The highest BCUT2D eigenvalue weighted by Crippen LogP contribution is 2.15. The zero-order valence-electron chi connectivity index (χ0n) is 13.6. The van der Waals surface area contributed by atoms with Gasteiger partial charge in [-0.15, -0.1) is 0 Å². The zero-order chi connectivity index (χ0) is 17.4. The number of nitrogens with zero attached hydrogens (tertiary/aromatic N) is 4. The molecule has 6 heteroatoms. The summed E-state index contributed by atoms with van der Waals surface area (Å²) in [5.41, 5.74) is 2.34. The van der Waals surface area contributed by atoms with Gasteiger partial charge in [0.15, 0.2) is 5.65 Å². The summed E-state index contributed by atoms with van der Waals surface area (Å²) in [6.45, 7) is 2.28. The van der Waals surface area contributed by atoms with Crippen LogP contribution in [-0.4, -0.2) is 19.3 Å². The molecule has 0 fully saturated rings. The van der Waals surface area contributed by atoms with Gasteiger partial charge in [-0.2, -0.15) is 5.10 Å². The third-order valence-electron chi connectivity index (χ3n) is 4.13. The van der Waals surface area contributed by atoms with E-state index >= 15 is 0 Å². The Kier molecular flexibility index (Phi) is 3.86. The minimum Gasteiger partial charge on any atom is -0.292 e. The third-order valence-corrected chi connectivity index (χ3v) is 4.38. The van der Waals surface area contributed by atoms with Crippen LogP contribution in [0, 0.1) is 6.92 Å². The van der Waals surface area contributed by atoms with E-state index in [2.05, 4.69) is 10.1 Å². The zero-order valence-corrected chi connectivity index (χ0v) is 14.3. The van der Waals surface area contributed by atoms with E-state index in [-0.39, 0.29) is 5.56 Å². The molecule has 2 aromatic heterocycles. The first-order valence-electron chi connectivity index (χ1n) is 7.88. The first-order chi connectivity index (χ1) is 12.1. The molecule has 0 amide bonds. The maximum Gasteiger partial charge on any atom is 0.264 e. The summed E-state index contributed by atoms with van der Waals surface area (Å²) in [5.74, 6) is 0.644. The molecule has 2 heterocycles. The van der Waals surface area contributed by atoms with E-state index < -0.39 is 0 Å². The van der Waals surface area contributed by atoms with E-state index in [1.165, 1.54) is 0 Å². The summed E-state index contributed by atoms with van der Waals surface area (Å²) in [7, 11) is 0. The molecule has 0 radical (unpaired) electrons. The Hall–Kier alpha value is -2.92. The van der Waals surface area contributed by atoms with Crippen LogP contribution in [0.25, 0.3) is 16.7 Å². The van der Waals surface area contributed by atoms with E-state index in [0.29, 0.717) is 28.4 Å². The van der Waals surface area contributed by atoms with Crippen LogP contribution in [0.2, 0.25) is 5.02 Å². The van der Waals surface area contributed by atoms with Crippen LogP contribution in [0.3, 0.4) is 0 Å². The molecule has 5 nitrogen and oxygen atoms in total. The number of aryl methyl sites for hydroxylation is 1. The standard InChI is InChI=1S/C19H15ClN4O/c1-13-22-18-17(11-21-24(18)16-5-3-2-4-6-16)19(25)23(13)12-14-7-9-15(20)10-8-14/h2-11H,12H2,1H3. The summed E-state index contributed by atoms with van der Waals surface area (Å²) < 4.78 is 3.35. The van der Waals surface area contributed by atoms with Crippen LogP contribution in [0.1, 0.15) is 11.4 Å². The summed E-state index contributed by atoms with van der Waals surface area (Å²) in [4.78, 5) is 17.5. The number of aromatic nitrogens is 4. The Bertz CT molecular complexity index is 1100. The van der Waals surface area contributed by atoms with Crippen molar-refractivity contribution in [3.05, 3.63) is 87.6 Å². The number of halogens is 1. The van der Waals surface area contributed by atoms with Gasteiger partial charge >= 0.3 is 0 Å². The second-order valence-electron chi connectivity index (χ2n) is 5.81. The van der Waals surface area contributed by atoms with Gasteiger partial charge in [-0.1, -0.05) is 41.9 Å². The van der Waals surface area contributed by atoms with E-state index in [9.17, 15) is 4.79 Å². The highest BCUT2D eigenvalue weighted by Gasteiger charge is 2.14. The van der Waals surface area contributed by atoms with Crippen LogP contribution >= 0.6 is 11.6 Å². The van der Waals surface area contributed by atoms with Gasteiger partial charge < -0.3 is 0 Å². The lowest BCUT2D eigenvalue weighted by atomic mass is 10.2. The van der Waals surface area contributed by atoms with E-state index in [4.69, 9.17) is 11.6 Å². The number of para-hydroxylation sites is 1. The molecule has 0 atom stereocenters. The lowest BCUT2D eigenvalue weighted by molar-refractivity contribution is 0.710. The maximum atomic E-state index is 12.9. The van der Waals surface area contributed by atoms with Crippen molar-refractivity contribution in [2.24, 2.45) is 0 Å². The van der Waals surface area contributed by atoms with Crippen molar-refractivity contribution in [1.82, 2.24) is 19.3 Å². The third kappa shape index (κ3) is 2.83. The van der Waals surface area contributed by atoms with Crippen molar-refractivity contribution in [3.8, 4) is 5.69 Å². The van der Waals surface area contributed by atoms with Gasteiger partial charge in [-0.3, -0.25) is 9.36 Å². The van der Waals surface area contributed by atoms with Gasteiger partial charge in [-0.25, -0.2) is 9.67 Å². The number of hydrogen-bond acceptors (Lipinski definition) is 3. The molecule has 0 N–H and O–H groups in total. The highest BCUT2D eigenvalue weighted by molar-refractivity contribution is 6.30. The van der Waals surface area contributed by atoms with E-state index in [0.717, 1.165) is 11.3 Å². The van der Waals surface area contributed by atoms with Crippen LogP contribution in [0.15, 0.2) is 65.6 Å². The SMILES string of the molecule is Cc1nc2c(cnn2-c2ccccc2)c(=O)n1Cc1ccc(Cl)cc1. The minimum absolute atomic E-state index is 0.0976. The summed E-state index contributed by atoms with van der Waals surface area (Å²) in [6.07, 6.45) is 1.58. The number of rotatable bonds is 3. The fourth-order valence-electron chi connectivity index (χ4n) is 2.82. The molecule has 2 aromatic carbocycles. The smallest absolute Gasteiger partial charge is 0.264 e. The highest BCUT2D eigenvalue weighted by atomic mass is 35.5. The largest absolute Gasteiger partial charge is 0.292 e. The van der Waals surface area contributed by atoms with E-state index in [1.807, 2.05) is 61.5 Å². The number of hydrogen-bond donors (Lipinski definition) is 0. The van der Waals surface area contributed by atoms with Gasteiger partial charge in [0.05, 0.1) is 18.4 Å². The molecule has 25 heavy (non-hydrogen) atoms. The Morgan fingerprint density at radius 2 is 1.76 bits per heavy atom. The molecule has 124 valence electrons. The van der Waals surface area contributed by atoms with Crippen LogP contribution < -0.4 is 5.56 Å². The van der Waals surface area contributed by atoms with Gasteiger partial charge in [0.1, 0.15) is 11.2 Å². The minimum atomic E-state index is -0.0976. The summed E-state index contributed by atoms with van der Waals surface area (Å²) in [5, 5.41) is 5.53. The maximum absolute atomic E-state index is 12.9.